The van der Waals surface area contributed by atoms with Gasteiger partial charge in [0.15, 0.2) is 11.6 Å². The maximum absolute atomic E-state index is 14.7. The molecule has 0 aliphatic rings. The second-order valence-electron chi connectivity index (χ2n) is 8.18. The van der Waals surface area contributed by atoms with Gasteiger partial charge in [-0.05, 0) is 17.7 Å². The van der Waals surface area contributed by atoms with Gasteiger partial charge >= 0.3 is 0 Å². The number of anilines is 2. The highest BCUT2D eigenvalue weighted by Gasteiger charge is 2.22. The highest BCUT2D eigenvalue weighted by atomic mass is 35.5. The number of aromatic amines is 2. The summed E-state index contributed by atoms with van der Waals surface area (Å²) < 4.78 is 14.7. The van der Waals surface area contributed by atoms with E-state index in [1.165, 1.54) is 0 Å². The minimum absolute atomic E-state index is 0.0463. The van der Waals surface area contributed by atoms with Crippen molar-refractivity contribution in [1.82, 2.24) is 30.1 Å². The average Bonchev–Trinajstić information content (AvgIpc) is 3.35. The molecule has 3 aromatic heterocycles. The van der Waals surface area contributed by atoms with Crippen LogP contribution in [0.3, 0.4) is 0 Å². The third-order valence-corrected chi connectivity index (χ3v) is 5.27. The van der Waals surface area contributed by atoms with E-state index in [4.69, 9.17) is 17.3 Å². The number of fused-ring (bicyclic) bond motifs is 1. The molecule has 0 fully saturated rings. The fourth-order valence-corrected chi connectivity index (χ4v) is 3.36. The van der Waals surface area contributed by atoms with Crippen molar-refractivity contribution >= 4 is 34.4 Å². The number of hydrogen-bond donors (Lipinski definition) is 3. The van der Waals surface area contributed by atoms with E-state index in [-0.39, 0.29) is 22.9 Å². The number of nitrogens with one attached hydrogen (secondary N) is 2. The number of benzene rings is 1. The molecule has 4 rings (SSSR count). The van der Waals surface area contributed by atoms with Crippen LogP contribution < -0.4 is 10.6 Å². The van der Waals surface area contributed by atoms with E-state index >= 15 is 0 Å². The van der Waals surface area contributed by atoms with E-state index in [9.17, 15) is 4.39 Å². The SMILES string of the molecule is CN(Cc1ccc2[nH]cnc2c1Cl)c1nc(N)c(F)c(-c2cc(C(C)(C)C)[nH]n2)n1. The predicted molar refractivity (Wildman–Crippen MR) is 116 cm³/mol. The van der Waals surface area contributed by atoms with Crippen LogP contribution in [0.4, 0.5) is 16.2 Å². The Bertz CT molecular complexity index is 1220. The van der Waals surface area contributed by atoms with Crippen molar-refractivity contribution in [3.63, 3.8) is 0 Å². The highest BCUT2D eigenvalue weighted by molar-refractivity contribution is 6.35. The summed E-state index contributed by atoms with van der Waals surface area (Å²) in [4.78, 5) is 17.5. The zero-order valence-corrected chi connectivity index (χ0v) is 17.8. The van der Waals surface area contributed by atoms with Crippen LogP contribution in [0.5, 0.6) is 0 Å². The summed E-state index contributed by atoms with van der Waals surface area (Å²) >= 11 is 6.49. The minimum atomic E-state index is -0.699. The van der Waals surface area contributed by atoms with Crippen LogP contribution in [-0.2, 0) is 12.0 Å². The number of hydrogen-bond acceptors (Lipinski definition) is 6. The van der Waals surface area contributed by atoms with Crippen LogP contribution in [-0.4, -0.2) is 37.2 Å². The first-order valence-corrected chi connectivity index (χ1v) is 9.74. The van der Waals surface area contributed by atoms with Gasteiger partial charge in [0.25, 0.3) is 0 Å². The Morgan fingerprint density at radius 2 is 2.00 bits per heavy atom. The summed E-state index contributed by atoms with van der Waals surface area (Å²) in [5.74, 6) is -0.673. The lowest BCUT2D eigenvalue weighted by molar-refractivity contribution is 0.567. The van der Waals surface area contributed by atoms with E-state index in [0.29, 0.717) is 22.8 Å². The summed E-state index contributed by atoms with van der Waals surface area (Å²) in [6.45, 7) is 6.50. The van der Waals surface area contributed by atoms with E-state index in [1.807, 2.05) is 32.9 Å². The van der Waals surface area contributed by atoms with Gasteiger partial charge in [-0.25, -0.2) is 14.4 Å². The second-order valence-corrected chi connectivity index (χ2v) is 8.56. The van der Waals surface area contributed by atoms with E-state index in [2.05, 4.69) is 30.1 Å². The van der Waals surface area contributed by atoms with Crippen LogP contribution in [0.25, 0.3) is 22.4 Å². The molecule has 1 aromatic carbocycles. The summed E-state index contributed by atoms with van der Waals surface area (Å²) in [5, 5.41) is 7.70. The standard InChI is InChI=1S/C20H22ClFN8/c1-20(2,3)13-7-12(28-29-13)17-15(22)18(23)27-19(26-17)30(4)8-10-5-6-11-16(14(10)21)25-9-24-11/h5-7,9H,8H2,1-4H3,(H,24,25)(H,28,29)(H2,23,26,27). The van der Waals surface area contributed by atoms with Gasteiger partial charge in [-0.1, -0.05) is 38.4 Å². The first kappa shape index (κ1) is 20.1. The Morgan fingerprint density at radius 3 is 2.70 bits per heavy atom. The monoisotopic (exact) mass is 428 g/mol. The third-order valence-electron chi connectivity index (χ3n) is 4.85. The molecular weight excluding hydrogens is 407 g/mol. The quantitative estimate of drug-likeness (QED) is 0.452. The summed E-state index contributed by atoms with van der Waals surface area (Å²) in [6, 6.07) is 5.58. The molecule has 0 bridgehead atoms. The Morgan fingerprint density at radius 1 is 1.23 bits per heavy atom. The average molecular weight is 429 g/mol. The fraction of sp³-hybridized carbons (Fsp3) is 0.300. The molecule has 0 aliphatic carbocycles. The Kier molecular flexibility index (Phi) is 4.85. The molecule has 4 N–H and O–H groups in total. The van der Waals surface area contributed by atoms with Gasteiger partial charge < -0.3 is 15.6 Å². The highest BCUT2D eigenvalue weighted by Crippen LogP contribution is 2.30. The van der Waals surface area contributed by atoms with Crippen LogP contribution in [0.15, 0.2) is 24.5 Å². The number of rotatable bonds is 4. The molecular formula is C20H22ClFN8. The summed E-state index contributed by atoms with van der Waals surface area (Å²) in [6.07, 6.45) is 1.59. The van der Waals surface area contributed by atoms with Crippen LogP contribution >= 0.6 is 11.6 Å². The molecule has 156 valence electrons. The fourth-order valence-electron chi connectivity index (χ4n) is 3.08. The molecule has 0 atom stereocenters. The van der Waals surface area contributed by atoms with Crippen molar-refractivity contribution in [2.75, 3.05) is 17.7 Å². The van der Waals surface area contributed by atoms with Crippen molar-refractivity contribution in [1.29, 1.82) is 0 Å². The summed E-state index contributed by atoms with van der Waals surface area (Å²) in [7, 11) is 1.78. The molecule has 0 spiro atoms. The lowest BCUT2D eigenvalue weighted by Crippen LogP contribution is -2.21. The number of aromatic nitrogens is 6. The minimum Gasteiger partial charge on any atom is -0.381 e. The first-order chi connectivity index (χ1) is 14.1. The van der Waals surface area contributed by atoms with E-state index in [0.717, 1.165) is 16.8 Å². The third kappa shape index (κ3) is 3.56. The maximum Gasteiger partial charge on any atom is 0.228 e. The van der Waals surface area contributed by atoms with Gasteiger partial charge in [0.1, 0.15) is 16.9 Å². The van der Waals surface area contributed by atoms with Crippen molar-refractivity contribution < 1.29 is 4.39 Å². The van der Waals surface area contributed by atoms with Crippen LogP contribution in [0.2, 0.25) is 5.02 Å². The van der Waals surface area contributed by atoms with Gasteiger partial charge in [-0.2, -0.15) is 10.1 Å². The Hall–Kier alpha value is -3.20. The second kappa shape index (κ2) is 7.24. The smallest absolute Gasteiger partial charge is 0.228 e. The molecule has 0 aliphatic heterocycles. The topological polar surface area (TPSA) is 112 Å². The lowest BCUT2D eigenvalue weighted by Gasteiger charge is -2.19. The number of halogens is 2. The molecule has 4 aromatic rings. The van der Waals surface area contributed by atoms with Crippen molar-refractivity contribution in [3.05, 3.63) is 46.6 Å². The number of nitrogen functional groups attached to an aromatic ring is 1. The van der Waals surface area contributed by atoms with Crippen LogP contribution in [0, 0.1) is 5.82 Å². The van der Waals surface area contributed by atoms with Gasteiger partial charge in [0.2, 0.25) is 5.95 Å². The normalized spacial score (nSPS) is 11.9. The van der Waals surface area contributed by atoms with Gasteiger partial charge in [0, 0.05) is 24.7 Å². The lowest BCUT2D eigenvalue weighted by atomic mass is 9.92. The molecule has 8 nitrogen and oxygen atoms in total. The molecule has 0 saturated heterocycles. The molecule has 0 amide bonds. The molecule has 0 radical (unpaired) electrons. The number of imidazole rings is 1. The molecule has 0 unspecified atom stereocenters. The molecule has 3 heterocycles. The summed E-state index contributed by atoms with van der Waals surface area (Å²) in [5.41, 5.74) is 9.33. The largest absolute Gasteiger partial charge is 0.381 e. The van der Waals surface area contributed by atoms with E-state index < -0.39 is 5.82 Å². The van der Waals surface area contributed by atoms with Gasteiger partial charge in [-0.15, -0.1) is 0 Å². The van der Waals surface area contributed by atoms with Crippen molar-refractivity contribution in [2.45, 2.75) is 32.7 Å². The van der Waals surface area contributed by atoms with Gasteiger partial charge in [-0.3, -0.25) is 5.10 Å². The first-order valence-electron chi connectivity index (χ1n) is 9.36. The van der Waals surface area contributed by atoms with Crippen LogP contribution in [0.1, 0.15) is 32.0 Å². The zero-order chi connectivity index (χ0) is 21.6. The number of nitrogens with zero attached hydrogens (tertiary/aromatic N) is 5. The zero-order valence-electron chi connectivity index (χ0n) is 17.1. The molecule has 10 heteroatoms. The number of nitrogens with two attached hydrogens (primary N) is 1. The Labute approximate surface area is 177 Å². The molecule has 0 saturated carbocycles. The Balaban J connectivity index is 1.68. The van der Waals surface area contributed by atoms with Crippen molar-refractivity contribution in [2.24, 2.45) is 0 Å². The number of H-pyrrole nitrogens is 2. The maximum atomic E-state index is 14.7. The van der Waals surface area contributed by atoms with Crippen molar-refractivity contribution in [3.8, 4) is 11.4 Å². The predicted octanol–water partition coefficient (Wildman–Crippen LogP) is 4.05. The van der Waals surface area contributed by atoms with Gasteiger partial charge in [0.05, 0.1) is 16.9 Å². The molecule has 30 heavy (non-hydrogen) atoms. The van der Waals surface area contributed by atoms with E-state index in [1.54, 1.807) is 24.3 Å².